The number of oxazole rings is 1. The maximum Gasteiger partial charge on any atom is 0.318 e. The molecule has 2 amide bonds. The maximum absolute atomic E-state index is 12.6. The Kier molecular flexibility index (Phi) is 4.72. The third kappa shape index (κ3) is 3.55. The average Bonchev–Trinajstić information content (AvgIpc) is 3.41. The largest absolute Gasteiger partial charge is 0.439 e. The number of hydrogen-bond acceptors (Lipinski definition) is 3. The van der Waals surface area contributed by atoms with Gasteiger partial charge in [-0.3, -0.25) is 0 Å². The lowest BCUT2D eigenvalue weighted by Crippen LogP contribution is -2.45. The molecule has 0 unspecified atom stereocenters. The van der Waals surface area contributed by atoms with E-state index >= 15 is 0 Å². The van der Waals surface area contributed by atoms with Crippen molar-refractivity contribution in [1.82, 2.24) is 15.2 Å². The van der Waals surface area contributed by atoms with E-state index in [2.05, 4.69) is 10.3 Å². The van der Waals surface area contributed by atoms with E-state index in [1.54, 1.807) is 6.20 Å². The van der Waals surface area contributed by atoms with E-state index in [0.717, 1.165) is 30.7 Å². The molecule has 0 spiro atoms. The van der Waals surface area contributed by atoms with Crippen LogP contribution in [0, 0.1) is 5.92 Å². The molecule has 5 nitrogen and oxygen atoms in total. The zero-order chi connectivity index (χ0) is 17.1. The summed E-state index contributed by atoms with van der Waals surface area (Å²) in [6, 6.07) is 10.3. The highest BCUT2D eigenvalue weighted by atomic mass is 16.4. The molecule has 1 aliphatic carbocycles. The molecule has 1 aromatic carbocycles. The number of nitrogens with zero attached hydrogens (tertiary/aromatic N) is 2. The molecule has 1 atom stereocenters. The second-order valence-electron chi connectivity index (χ2n) is 7.09. The molecular formula is C20H25N3O2. The van der Waals surface area contributed by atoms with Gasteiger partial charge in [-0.1, -0.05) is 43.2 Å². The van der Waals surface area contributed by atoms with Gasteiger partial charge in [-0.25, -0.2) is 9.78 Å². The normalized spacial score (nSPS) is 21.0. The van der Waals surface area contributed by atoms with Crippen LogP contribution in [0.4, 0.5) is 4.79 Å². The number of carbonyl (C=O) groups is 1. The Morgan fingerprint density at radius 1 is 1.16 bits per heavy atom. The first-order valence-corrected chi connectivity index (χ1v) is 9.36. The molecule has 2 aliphatic rings. The second-order valence-corrected chi connectivity index (χ2v) is 7.09. The van der Waals surface area contributed by atoms with Crippen molar-refractivity contribution in [3.8, 4) is 11.3 Å². The summed E-state index contributed by atoms with van der Waals surface area (Å²) in [6.07, 6.45) is 9.16. The smallest absolute Gasteiger partial charge is 0.318 e. The molecule has 1 saturated heterocycles. The Hall–Kier alpha value is -2.30. The van der Waals surface area contributed by atoms with Crippen LogP contribution in [0.25, 0.3) is 11.3 Å². The predicted molar refractivity (Wildman–Crippen MR) is 95.9 cm³/mol. The van der Waals surface area contributed by atoms with Crippen LogP contribution >= 0.6 is 0 Å². The Bertz CT molecular complexity index is 707. The van der Waals surface area contributed by atoms with Crippen molar-refractivity contribution in [2.75, 3.05) is 6.54 Å². The van der Waals surface area contributed by atoms with Gasteiger partial charge in [0, 0.05) is 18.2 Å². The first kappa shape index (κ1) is 16.2. The van der Waals surface area contributed by atoms with Gasteiger partial charge in [-0.2, -0.15) is 0 Å². The van der Waals surface area contributed by atoms with E-state index < -0.39 is 0 Å². The van der Waals surface area contributed by atoms with E-state index in [-0.39, 0.29) is 6.03 Å². The lowest BCUT2D eigenvalue weighted by atomic mass is 9.96. The Morgan fingerprint density at radius 2 is 1.96 bits per heavy atom. The fourth-order valence-corrected chi connectivity index (χ4v) is 4.26. The Labute approximate surface area is 148 Å². The fourth-order valence-electron chi connectivity index (χ4n) is 4.26. The number of urea groups is 1. The first-order valence-electron chi connectivity index (χ1n) is 9.36. The molecule has 2 aromatic rings. The SMILES string of the molecule is O=C(NCc1ncc(-c2ccccc2)o1)N1CCC[C@H]1C1CCCC1. The number of hydrogen-bond donors (Lipinski definition) is 1. The van der Waals surface area contributed by atoms with Gasteiger partial charge < -0.3 is 14.6 Å². The van der Waals surface area contributed by atoms with Gasteiger partial charge in [-0.15, -0.1) is 0 Å². The number of likely N-dealkylation sites (tertiary alicyclic amines) is 1. The summed E-state index contributed by atoms with van der Waals surface area (Å²) in [4.78, 5) is 18.9. The summed E-state index contributed by atoms with van der Waals surface area (Å²) in [5.74, 6) is 1.97. The van der Waals surface area contributed by atoms with Crippen LogP contribution in [-0.4, -0.2) is 28.5 Å². The third-order valence-corrected chi connectivity index (χ3v) is 5.51. The van der Waals surface area contributed by atoms with Crippen LogP contribution in [0.2, 0.25) is 0 Å². The minimum atomic E-state index is 0.0221. The molecule has 2 heterocycles. The predicted octanol–water partition coefficient (Wildman–Crippen LogP) is 4.21. The van der Waals surface area contributed by atoms with Gasteiger partial charge in [0.25, 0.3) is 0 Å². The van der Waals surface area contributed by atoms with Gasteiger partial charge >= 0.3 is 6.03 Å². The van der Waals surface area contributed by atoms with E-state index in [0.29, 0.717) is 24.4 Å². The summed E-state index contributed by atoms with van der Waals surface area (Å²) < 4.78 is 5.77. The van der Waals surface area contributed by atoms with Gasteiger partial charge in [0.05, 0.1) is 12.7 Å². The fraction of sp³-hybridized carbons (Fsp3) is 0.500. The molecule has 0 bridgehead atoms. The van der Waals surface area contributed by atoms with E-state index in [1.165, 1.54) is 25.7 Å². The number of aromatic nitrogens is 1. The molecular weight excluding hydrogens is 314 g/mol. The highest BCUT2D eigenvalue weighted by molar-refractivity contribution is 5.74. The zero-order valence-electron chi connectivity index (χ0n) is 14.5. The summed E-state index contributed by atoms with van der Waals surface area (Å²) in [7, 11) is 0. The lowest BCUT2D eigenvalue weighted by Gasteiger charge is -2.29. The van der Waals surface area contributed by atoms with Crippen molar-refractivity contribution >= 4 is 6.03 Å². The van der Waals surface area contributed by atoms with Crippen LogP contribution in [0.1, 0.15) is 44.4 Å². The first-order chi connectivity index (χ1) is 12.3. The number of amides is 2. The highest BCUT2D eigenvalue weighted by Crippen LogP contribution is 2.35. The molecule has 132 valence electrons. The minimum absolute atomic E-state index is 0.0221. The lowest BCUT2D eigenvalue weighted by molar-refractivity contribution is 0.171. The van der Waals surface area contributed by atoms with Crippen molar-refractivity contribution < 1.29 is 9.21 Å². The third-order valence-electron chi connectivity index (χ3n) is 5.51. The topological polar surface area (TPSA) is 58.4 Å². The molecule has 2 fully saturated rings. The molecule has 4 rings (SSSR count). The summed E-state index contributed by atoms with van der Waals surface area (Å²) in [6.45, 7) is 1.20. The standard InChI is InChI=1S/C20H25N3O2/c24-20(23-12-6-11-17(23)15-7-4-5-8-15)22-14-19-21-13-18(25-19)16-9-2-1-3-10-16/h1-3,9-10,13,15,17H,4-8,11-12,14H2,(H,22,24)/t17-/m0/s1. The van der Waals surface area contributed by atoms with Gasteiger partial charge in [0.15, 0.2) is 5.76 Å². The Balaban J connectivity index is 1.35. The van der Waals surface area contributed by atoms with Crippen molar-refractivity contribution in [2.24, 2.45) is 5.92 Å². The minimum Gasteiger partial charge on any atom is -0.439 e. The molecule has 25 heavy (non-hydrogen) atoms. The van der Waals surface area contributed by atoms with E-state index in [1.807, 2.05) is 35.2 Å². The number of carbonyl (C=O) groups excluding carboxylic acids is 1. The molecule has 5 heteroatoms. The van der Waals surface area contributed by atoms with Crippen LogP contribution in [0.3, 0.4) is 0 Å². The monoisotopic (exact) mass is 339 g/mol. The van der Waals surface area contributed by atoms with Crippen molar-refractivity contribution in [3.63, 3.8) is 0 Å². The van der Waals surface area contributed by atoms with Crippen molar-refractivity contribution in [2.45, 2.75) is 51.1 Å². The summed E-state index contributed by atoms with van der Waals surface area (Å²) in [5, 5.41) is 2.99. The van der Waals surface area contributed by atoms with Crippen LogP contribution < -0.4 is 5.32 Å². The van der Waals surface area contributed by atoms with Gasteiger partial charge in [0.2, 0.25) is 5.89 Å². The number of nitrogens with one attached hydrogen (secondary N) is 1. The summed E-state index contributed by atoms with van der Waals surface area (Å²) >= 11 is 0. The molecule has 0 radical (unpaired) electrons. The zero-order valence-corrected chi connectivity index (χ0v) is 14.5. The van der Waals surface area contributed by atoms with Gasteiger partial charge in [-0.05, 0) is 31.6 Å². The van der Waals surface area contributed by atoms with Crippen LogP contribution in [-0.2, 0) is 6.54 Å². The molecule has 1 N–H and O–H groups in total. The average molecular weight is 339 g/mol. The molecule has 1 aliphatic heterocycles. The molecule has 1 saturated carbocycles. The maximum atomic E-state index is 12.6. The number of rotatable bonds is 4. The van der Waals surface area contributed by atoms with Crippen molar-refractivity contribution in [3.05, 3.63) is 42.4 Å². The molecule has 1 aromatic heterocycles. The van der Waals surface area contributed by atoms with E-state index in [4.69, 9.17) is 4.42 Å². The number of benzene rings is 1. The quantitative estimate of drug-likeness (QED) is 0.908. The second kappa shape index (κ2) is 7.30. The van der Waals surface area contributed by atoms with Crippen molar-refractivity contribution in [1.29, 1.82) is 0 Å². The van der Waals surface area contributed by atoms with Gasteiger partial charge in [0.1, 0.15) is 0 Å². The van der Waals surface area contributed by atoms with Crippen LogP contribution in [0.5, 0.6) is 0 Å². The van der Waals surface area contributed by atoms with E-state index in [9.17, 15) is 4.79 Å². The Morgan fingerprint density at radius 3 is 2.76 bits per heavy atom. The van der Waals surface area contributed by atoms with Crippen LogP contribution in [0.15, 0.2) is 40.9 Å². The summed E-state index contributed by atoms with van der Waals surface area (Å²) in [5.41, 5.74) is 0.994. The highest BCUT2D eigenvalue weighted by Gasteiger charge is 2.35.